The van der Waals surface area contributed by atoms with Crippen molar-refractivity contribution < 1.29 is 17.6 Å². The van der Waals surface area contributed by atoms with E-state index < -0.39 is 10.0 Å². The predicted molar refractivity (Wildman–Crippen MR) is 125 cm³/mol. The summed E-state index contributed by atoms with van der Waals surface area (Å²) in [6, 6.07) is 10.8. The van der Waals surface area contributed by atoms with E-state index in [-0.39, 0.29) is 23.3 Å². The minimum absolute atomic E-state index is 0.0967. The smallest absolute Gasteiger partial charge is 0.243 e. The maximum atomic E-state index is 12.7. The maximum absolute atomic E-state index is 12.7. The number of benzene rings is 2. The van der Waals surface area contributed by atoms with Crippen molar-refractivity contribution in [2.45, 2.75) is 57.4 Å². The molecule has 0 saturated heterocycles. The Balaban J connectivity index is 1.43. The van der Waals surface area contributed by atoms with Crippen LogP contribution in [0.5, 0.6) is 0 Å². The Morgan fingerprint density at radius 1 is 1.09 bits per heavy atom. The molecule has 6 nitrogen and oxygen atoms in total. The summed E-state index contributed by atoms with van der Waals surface area (Å²) in [4.78, 5) is 13.0. The van der Waals surface area contributed by atoms with Gasteiger partial charge in [-0.25, -0.2) is 8.42 Å². The van der Waals surface area contributed by atoms with Gasteiger partial charge in [-0.3, -0.25) is 4.79 Å². The molecule has 0 unspecified atom stereocenters. The van der Waals surface area contributed by atoms with E-state index in [4.69, 9.17) is 4.42 Å². The van der Waals surface area contributed by atoms with Crippen LogP contribution in [0.25, 0.3) is 11.0 Å². The van der Waals surface area contributed by atoms with Crippen molar-refractivity contribution in [3.63, 3.8) is 0 Å². The summed E-state index contributed by atoms with van der Waals surface area (Å²) in [5.41, 5.74) is 5.29. The quantitative estimate of drug-likeness (QED) is 0.548. The number of rotatable bonds is 8. The van der Waals surface area contributed by atoms with E-state index in [0.717, 1.165) is 34.9 Å². The fourth-order valence-electron chi connectivity index (χ4n) is 4.47. The van der Waals surface area contributed by atoms with Gasteiger partial charge in [0.05, 0.1) is 23.6 Å². The molecule has 1 atom stereocenters. The van der Waals surface area contributed by atoms with Crippen LogP contribution in [0.4, 0.5) is 0 Å². The first-order valence-corrected chi connectivity index (χ1v) is 12.7. The van der Waals surface area contributed by atoms with Crippen LogP contribution in [0.2, 0.25) is 0 Å². The Morgan fingerprint density at radius 3 is 2.41 bits per heavy atom. The third-order valence-electron chi connectivity index (χ3n) is 6.32. The fraction of sp³-hybridized carbons (Fsp3) is 0.400. The molecule has 1 heterocycles. The SMILES string of the molecule is CCN(CC)S(=O)(=O)c1ccc([C@H](C)NC(=O)Cc2coc3cc4c(cc23)CCC4)cc1. The highest BCUT2D eigenvalue weighted by atomic mass is 32.2. The van der Waals surface area contributed by atoms with E-state index in [2.05, 4.69) is 17.4 Å². The molecule has 170 valence electrons. The molecule has 7 heteroatoms. The van der Waals surface area contributed by atoms with Crippen LogP contribution in [-0.2, 0) is 34.1 Å². The lowest BCUT2D eigenvalue weighted by atomic mass is 10.0. The van der Waals surface area contributed by atoms with Crippen molar-refractivity contribution in [3.05, 3.63) is 64.9 Å². The Kier molecular flexibility index (Phi) is 6.40. The van der Waals surface area contributed by atoms with Gasteiger partial charge in [0, 0.05) is 24.0 Å². The van der Waals surface area contributed by atoms with Crippen LogP contribution in [0.1, 0.15) is 55.5 Å². The molecule has 32 heavy (non-hydrogen) atoms. The molecular weight excluding hydrogens is 424 g/mol. The Bertz CT molecular complexity index is 1220. The molecule has 0 saturated carbocycles. The zero-order chi connectivity index (χ0) is 22.9. The van der Waals surface area contributed by atoms with E-state index in [1.807, 2.05) is 20.8 Å². The predicted octanol–water partition coefficient (Wildman–Crippen LogP) is 4.37. The zero-order valence-corrected chi connectivity index (χ0v) is 19.7. The zero-order valence-electron chi connectivity index (χ0n) is 18.8. The summed E-state index contributed by atoms with van der Waals surface area (Å²) in [5, 5.41) is 4.03. The highest BCUT2D eigenvalue weighted by molar-refractivity contribution is 7.89. The molecule has 0 aliphatic heterocycles. The maximum Gasteiger partial charge on any atom is 0.243 e. The van der Waals surface area contributed by atoms with Crippen LogP contribution in [0, 0.1) is 0 Å². The summed E-state index contributed by atoms with van der Waals surface area (Å²) in [7, 11) is -3.49. The van der Waals surface area contributed by atoms with E-state index >= 15 is 0 Å². The van der Waals surface area contributed by atoms with Gasteiger partial charge in [0.1, 0.15) is 5.58 Å². The van der Waals surface area contributed by atoms with Crippen LogP contribution in [-0.4, -0.2) is 31.7 Å². The van der Waals surface area contributed by atoms with Crippen molar-refractivity contribution in [2.75, 3.05) is 13.1 Å². The highest BCUT2D eigenvalue weighted by Crippen LogP contribution is 2.30. The number of sulfonamides is 1. The van der Waals surface area contributed by atoms with Gasteiger partial charge in [-0.15, -0.1) is 0 Å². The number of carbonyl (C=O) groups excluding carboxylic acids is 1. The largest absolute Gasteiger partial charge is 0.464 e. The number of amides is 1. The molecule has 1 aliphatic rings. The van der Waals surface area contributed by atoms with Gasteiger partial charge in [-0.05, 0) is 67.1 Å². The van der Waals surface area contributed by atoms with Crippen LogP contribution in [0.15, 0.2) is 52.0 Å². The molecule has 0 spiro atoms. The van der Waals surface area contributed by atoms with Crippen LogP contribution >= 0.6 is 0 Å². The summed E-state index contributed by atoms with van der Waals surface area (Å²) >= 11 is 0. The Hall–Kier alpha value is -2.64. The number of hydrogen-bond acceptors (Lipinski definition) is 4. The number of aryl methyl sites for hydroxylation is 2. The molecule has 0 radical (unpaired) electrons. The summed E-state index contributed by atoms with van der Waals surface area (Å²) in [6.07, 6.45) is 5.26. The van der Waals surface area contributed by atoms with Crippen molar-refractivity contribution in [1.82, 2.24) is 9.62 Å². The monoisotopic (exact) mass is 454 g/mol. The average molecular weight is 455 g/mol. The first-order chi connectivity index (χ1) is 15.3. The highest BCUT2D eigenvalue weighted by Gasteiger charge is 2.22. The number of furan rings is 1. The van der Waals surface area contributed by atoms with Crippen LogP contribution in [0.3, 0.4) is 0 Å². The molecule has 1 aliphatic carbocycles. The van der Waals surface area contributed by atoms with Gasteiger partial charge in [-0.2, -0.15) is 4.31 Å². The standard InChI is InChI=1S/C25H30N2O4S/c1-4-27(5-2)32(29,30)22-11-9-18(10-12-22)17(3)26-25(28)15-21-16-31-24-14-20-8-6-7-19(20)13-23(21)24/h9-14,16-17H,4-8,15H2,1-3H3,(H,26,28)/t17-/m0/s1. The molecule has 2 aromatic carbocycles. The number of carbonyl (C=O) groups is 1. The van der Waals surface area contributed by atoms with Gasteiger partial charge in [0.2, 0.25) is 15.9 Å². The minimum atomic E-state index is -3.49. The van der Waals surface area contributed by atoms with E-state index in [9.17, 15) is 13.2 Å². The van der Waals surface area contributed by atoms with Crippen molar-refractivity contribution in [1.29, 1.82) is 0 Å². The Morgan fingerprint density at radius 2 is 1.75 bits per heavy atom. The molecule has 3 aromatic rings. The second-order valence-electron chi connectivity index (χ2n) is 8.36. The summed E-state index contributed by atoms with van der Waals surface area (Å²) < 4.78 is 32.4. The molecular formula is C25H30N2O4S. The third kappa shape index (κ3) is 4.32. The molecule has 4 rings (SSSR count). The summed E-state index contributed by atoms with van der Waals surface area (Å²) in [5.74, 6) is -0.0967. The van der Waals surface area contributed by atoms with Crippen molar-refractivity contribution in [3.8, 4) is 0 Å². The molecule has 1 amide bonds. The Labute approximate surface area is 189 Å². The second-order valence-corrected chi connectivity index (χ2v) is 10.3. The topological polar surface area (TPSA) is 79.6 Å². The van der Waals surface area contributed by atoms with Gasteiger partial charge in [0.25, 0.3) is 0 Å². The summed E-state index contributed by atoms with van der Waals surface area (Å²) in [6.45, 7) is 6.40. The normalized spacial score (nSPS) is 14.6. The average Bonchev–Trinajstić information content (AvgIpc) is 3.39. The van der Waals surface area contributed by atoms with Crippen molar-refractivity contribution >= 4 is 26.9 Å². The lowest BCUT2D eigenvalue weighted by molar-refractivity contribution is -0.121. The first-order valence-electron chi connectivity index (χ1n) is 11.2. The van der Waals surface area contributed by atoms with Gasteiger partial charge >= 0.3 is 0 Å². The van der Waals surface area contributed by atoms with Gasteiger partial charge in [-0.1, -0.05) is 26.0 Å². The lowest BCUT2D eigenvalue weighted by Gasteiger charge is -2.19. The molecule has 0 bridgehead atoms. The van der Waals surface area contributed by atoms with E-state index in [0.29, 0.717) is 13.1 Å². The van der Waals surface area contributed by atoms with E-state index in [1.165, 1.54) is 21.9 Å². The molecule has 1 aromatic heterocycles. The number of fused-ring (bicyclic) bond motifs is 2. The number of nitrogens with zero attached hydrogens (tertiary/aromatic N) is 1. The minimum Gasteiger partial charge on any atom is -0.464 e. The van der Waals surface area contributed by atoms with Gasteiger partial charge in [0.15, 0.2) is 0 Å². The fourth-order valence-corrected chi connectivity index (χ4v) is 5.93. The molecule has 0 fully saturated rings. The van der Waals surface area contributed by atoms with Gasteiger partial charge < -0.3 is 9.73 Å². The third-order valence-corrected chi connectivity index (χ3v) is 8.38. The molecule has 1 N–H and O–H groups in total. The second kappa shape index (κ2) is 9.08. The van der Waals surface area contributed by atoms with Crippen molar-refractivity contribution in [2.24, 2.45) is 0 Å². The number of hydrogen-bond donors (Lipinski definition) is 1. The lowest BCUT2D eigenvalue weighted by Crippen LogP contribution is -2.30. The van der Waals surface area contributed by atoms with E-state index in [1.54, 1.807) is 30.5 Å². The number of nitrogens with one attached hydrogen (secondary N) is 1. The first kappa shape index (κ1) is 22.6. The van der Waals surface area contributed by atoms with Crippen LogP contribution < -0.4 is 5.32 Å².